The zero-order valence-electron chi connectivity index (χ0n) is 10.9. The van der Waals surface area contributed by atoms with Gasteiger partial charge in [-0.1, -0.05) is 12.1 Å². The van der Waals surface area contributed by atoms with Gasteiger partial charge in [0.1, 0.15) is 5.60 Å². The highest BCUT2D eigenvalue weighted by atomic mass is 16.3. The van der Waals surface area contributed by atoms with Crippen molar-refractivity contribution >= 4 is 5.91 Å². The normalized spacial score (nSPS) is 21.6. The lowest BCUT2D eigenvalue weighted by Crippen LogP contribution is -2.64. The largest absolute Gasteiger partial charge is 0.386 e. The molecule has 2 aliphatic rings. The molecule has 1 aliphatic carbocycles. The third kappa shape index (κ3) is 1.74. The second kappa shape index (κ2) is 3.82. The summed E-state index contributed by atoms with van der Waals surface area (Å²) in [4.78, 5) is 14.1. The molecule has 0 spiro atoms. The number of aliphatic hydroxyl groups is 1. The maximum atomic E-state index is 12.3. The number of likely N-dealkylation sites (tertiary alicyclic amines) is 1. The minimum atomic E-state index is -0.590. The van der Waals surface area contributed by atoms with Gasteiger partial charge in [-0.3, -0.25) is 4.79 Å². The quantitative estimate of drug-likeness (QED) is 0.864. The van der Waals surface area contributed by atoms with Crippen LogP contribution in [-0.4, -0.2) is 34.6 Å². The smallest absolute Gasteiger partial charge is 0.254 e. The molecule has 0 unspecified atom stereocenters. The Morgan fingerprint density at radius 1 is 1.33 bits per heavy atom. The van der Waals surface area contributed by atoms with Crippen molar-refractivity contribution in [2.75, 3.05) is 13.1 Å². The fourth-order valence-corrected chi connectivity index (χ4v) is 2.79. The van der Waals surface area contributed by atoms with Crippen LogP contribution >= 0.6 is 0 Å². The summed E-state index contributed by atoms with van der Waals surface area (Å²) >= 11 is 0. The van der Waals surface area contributed by atoms with E-state index < -0.39 is 5.60 Å². The third-order valence-corrected chi connectivity index (χ3v) is 4.39. The molecule has 1 aromatic rings. The summed E-state index contributed by atoms with van der Waals surface area (Å²) in [5.41, 5.74) is 2.36. The van der Waals surface area contributed by atoms with Crippen LogP contribution in [0.15, 0.2) is 18.2 Å². The molecule has 1 N–H and O–H groups in total. The van der Waals surface area contributed by atoms with E-state index in [1.165, 1.54) is 0 Å². The fourth-order valence-electron chi connectivity index (χ4n) is 2.79. The number of amides is 1. The molecule has 0 atom stereocenters. The van der Waals surface area contributed by atoms with Crippen molar-refractivity contribution in [3.8, 4) is 0 Å². The molecule has 0 radical (unpaired) electrons. The van der Waals surface area contributed by atoms with Crippen molar-refractivity contribution in [2.45, 2.75) is 32.3 Å². The number of rotatable bonds is 2. The molecule has 1 aliphatic heterocycles. The Balaban J connectivity index is 1.74. The predicted octanol–water partition coefficient (Wildman–Crippen LogP) is 1.90. The van der Waals surface area contributed by atoms with E-state index in [9.17, 15) is 9.90 Å². The first-order valence-corrected chi connectivity index (χ1v) is 6.59. The average Bonchev–Trinajstić information content (AvgIpc) is 3.12. The van der Waals surface area contributed by atoms with Gasteiger partial charge in [0.15, 0.2) is 0 Å². The number of carbonyl (C=O) groups excluding carboxylic acids is 1. The summed E-state index contributed by atoms with van der Waals surface area (Å²) in [5, 5.41) is 10.2. The maximum absolute atomic E-state index is 12.3. The summed E-state index contributed by atoms with van der Waals surface area (Å²) in [6.45, 7) is 5.01. The number of hydrogen-bond donors (Lipinski definition) is 1. The third-order valence-electron chi connectivity index (χ3n) is 4.39. The van der Waals surface area contributed by atoms with Crippen LogP contribution in [0.5, 0.6) is 0 Å². The Labute approximate surface area is 107 Å². The SMILES string of the molecule is Cc1cccc(C(=O)N2CC(O)(C3CC3)C2)c1C. The van der Waals surface area contributed by atoms with Gasteiger partial charge in [0.25, 0.3) is 5.91 Å². The number of nitrogens with zero attached hydrogens (tertiary/aromatic N) is 1. The Morgan fingerprint density at radius 2 is 2.00 bits per heavy atom. The average molecular weight is 245 g/mol. The molecule has 3 heteroatoms. The van der Waals surface area contributed by atoms with Crippen LogP contribution in [0.1, 0.15) is 34.3 Å². The molecule has 1 amide bonds. The van der Waals surface area contributed by atoms with Crippen LogP contribution in [0.2, 0.25) is 0 Å². The van der Waals surface area contributed by atoms with E-state index in [1.807, 2.05) is 32.0 Å². The second-order valence-corrected chi connectivity index (χ2v) is 5.79. The standard InChI is InChI=1S/C15H19NO2/c1-10-4-3-5-13(11(10)2)14(17)16-8-15(18,9-16)12-6-7-12/h3-5,12,18H,6-9H2,1-2H3. The molecule has 1 saturated heterocycles. The molecule has 0 aromatic heterocycles. The van der Waals surface area contributed by atoms with Crippen molar-refractivity contribution < 1.29 is 9.90 Å². The molecule has 2 fully saturated rings. The van der Waals surface area contributed by atoms with Crippen molar-refractivity contribution in [1.29, 1.82) is 0 Å². The van der Waals surface area contributed by atoms with Gasteiger partial charge in [0, 0.05) is 5.56 Å². The van der Waals surface area contributed by atoms with Crippen LogP contribution in [0.4, 0.5) is 0 Å². The van der Waals surface area contributed by atoms with E-state index in [0.29, 0.717) is 19.0 Å². The van der Waals surface area contributed by atoms with Gasteiger partial charge in [-0.2, -0.15) is 0 Å². The first-order valence-electron chi connectivity index (χ1n) is 6.59. The number of benzene rings is 1. The van der Waals surface area contributed by atoms with Gasteiger partial charge < -0.3 is 10.0 Å². The fraction of sp³-hybridized carbons (Fsp3) is 0.533. The van der Waals surface area contributed by atoms with Crippen molar-refractivity contribution in [2.24, 2.45) is 5.92 Å². The lowest BCUT2D eigenvalue weighted by Gasteiger charge is -2.47. The van der Waals surface area contributed by atoms with Crippen LogP contribution in [0, 0.1) is 19.8 Å². The van der Waals surface area contributed by atoms with Gasteiger partial charge in [0.05, 0.1) is 13.1 Å². The lowest BCUT2D eigenvalue weighted by molar-refractivity contribution is -0.0958. The first-order chi connectivity index (χ1) is 8.51. The van der Waals surface area contributed by atoms with Crippen molar-refractivity contribution in [3.63, 3.8) is 0 Å². The van der Waals surface area contributed by atoms with Gasteiger partial charge in [-0.15, -0.1) is 0 Å². The lowest BCUT2D eigenvalue weighted by atomic mass is 9.87. The Morgan fingerprint density at radius 3 is 2.61 bits per heavy atom. The van der Waals surface area contributed by atoms with E-state index in [-0.39, 0.29) is 5.91 Å². The summed E-state index contributed by atoms with van der Waals surface area (Å²) in [6, 6.07) is 5.81. The Hall–Kier alpha value is -1.35. The summed E-state index contributed by atoms with van der Waals surface area (Å²) < 4.78 is 0. The Bertz CT molecular complexity index is 499. The van der Waals surface area contributed by atoms with Crippen molar-refractivity contribution in [1.82, 2.24) is 4.90 Å². The molecule has 3 rings (SSSR count). The second-order valence-electron chi connectivity index (χ2n) is 5.79. The van der Waals surface area contributed by atoms with Crippen LogP contribution in [0.25, 0.3) is 0 Å². The Kier molecular flexibility index (Phi) is 2.49. The monoisotopic (exact) mass is 245 g/mol. The van der Waals surface area contributed by atoms with E-state index in [4.69, 9.17) is 0 Å². The maximum Gasteiger partial charge on any atom is 0.254 e. The van der Waals surface area contributed by atoms with Crippen LogP contribution < -0.4 is 0 Å². The molecule has 0 bridgehead atoms. The van der Waals surface area contributed by atoms with E-state index in [0.717, 1.165) is 29.5 Å². The van der Waals surface area contributed by atoms with Crippen molar-refractivity contribution in [3.05, 3.63) is 34.9 Å². The van der Waals surface area contributed by atoms with Crippen LogP contribution in [-0.2, 0) is 0 Å². The van der Waals surface area contributed by atoms with Gasteiger partial charge >= 0.3 is 0 Å². The summed E-state index contributed by atoms with van der Waals surface area (Å²) in [7, 11) is 0. The highest BCUT2D eigenvalue weighted by Crippen LogP contribution is 2.44. The highest BCUT2D eigenvalue weighted by Gasteiger charge is 2.53. The zero-order chi connectivity index (χ0) is 12.9. The summed E-state index contributed by atoms with van der Waals surface area (Å²) in [6.07, 6.45) is 2.23. The zero-order valence-corrected chi connectivity index (χ0v) is 10.9. The van der Waals surface area contributed by atoms with E-state index >= 15 is 0 Å². The van der Waals surface area contributed by atoms with Gasteiger partial charge in [-0.25, -0.2) is 0 Å². The number of β-amino-alcohol motifs (C(OH)–C–C–N with tert-alkyl or cyclic N) is 1. The number of aryl methyl sites for hydroxylation is 1. The topological polar surface area (TPSA) is 40.5 Å². The molecule has 1 heterocycles. The van der Waals surface area contributed by atoms with E-state index in [1.54, 1.807) is 4.90 Å². The molecule has 1 saturated carbocycles. The van der Waals surface area contributed by atoms with Gasteiger partial charge in [0.2, 0.25) is 0 Å². The van der Waals surface area contributed by atoms with E-state index in [2.05, 4.69) is 0 Å². The molecule has 96 valence electrons. The van der Waals surface area contributed by atoms with Gasteiger partial charge in [-0.05, 0) is 49.8 Å². The molecular formula is C15H19NO2. The predicted molar refractivity (Wildman–Crippen MR) is 69.5 cm³/mol. The summed E-state index contributed by atoms with van der Waals surface area (Å²) in [5.74, 6) is 0.488. The molecule has 18 heavy (non-hydrogen) atoms. The number of carbonyl (C=O) groups is 1. The highest BCUT2D eigenvalue weighted by molar-refractivity contribution is 5.96. The first kappa shape index (κ1) is 11.7. The minimum absolute atomic E-state index is 0.0570. The number of hydrogen-bond acceptors (Lipinski definition) is 2. The molecular weight excluding hydrogens is 226 g/mol. The minimum Gasteiger partial charge on any atom is -0.386 e. The van der Waals surface area contributed by atoms with Crippen LogP contribution in [0.3, 0.4) is 0 Å². The molecule has 3 nitrogen and oxygen atoms in total. The molecule has 1 aromatic carbocycles.